The SMILES string of the molecule is C=CC(=O)NC1CCC[C@@H](Nc2nnc(C(N)=O)c(Nc3cccc(C(=O)OCc4ccccc4)c3)n2)C1. The van der Waals surface area contributed by atoms with Crippen molar-refractivity contribution >= 4 is 35.2 Å². The number of ether oxygens (including phenoxy) is 1. The summed E-state index contributed by atoms with van der Waals surface area (Å²) in [5.74, 6) is -1.21. The number of rotatable bonds is 10. The van der Waals surface area contributed by atoms with Crippen LogP contribution in [0.3, 0.4) is 0 Å². The lowest BCUT2D eigenvalue weighted by molar-refractivity contribution is -0.117. The van der Waals surface area contributed by atoms with E-state index in [1.807, 2.05) is 30.3 Å². The molecule has 1 heterocycles. The van der Waals surface area contributed by atoms with Crippen molar-refractivity contribution in [3.05, 3.63) is 84.1 Å². The molecule has 196 valence electrons. The molecule has 2 atom stereocenters. The second-order valence-corrected chi connectivity index (χ2v) is 8.88. The van der Waals surface area contributed by atoms with Crippen LogP contribution in [0.1, 0.15) is 52.1 Å². The molecule has 0 spiro atoms. The molecule has 0 bridgehead atoms. The standard InChI is InChI=1S/C27H29N7O4/c1-2-22(35)29-20-12-7-13-21(15-20)31-27-32-25(23(24(28)36)33-34-27)30-19-11-6-10-18(14-19)26(37)38-16-17-8-4-3-5-9-17/h2-6,8-11,14,20-21H,1,7,12-13,15-16H2,(H2,28,36)(H,29,35)(H2,30,31,32,34)/t20?,21-/m1/s1. The highest BCUT2D eigenvalue weighted by atomic mass is 16.5. The van der Waals surface area contributed by atoms with Crippen LogP contribution in [0.4, 0.5) is 17.5 Å². The smallest absolute Gasteiger partial charge is 0.338 e. The van der Waals surface area contributed by atoms with Crippen molar-refractivity contribution in [3.8, 4) is 0 Å². The Morgan fingerprint density at radius 2 is 1.84 bits per heavy atom. The molecular formula is C27H29N7O4. The van der Waals surface area contributed by atoms with Crippen molar-refractivity contribution in [2.75, 3.05) is 10.6 Å². The van der Waals surface area contributed by atoms with Crippen LogP contribution < -0.4 is 21.7 Å². The molecule has 0 saturated heterocycles. The van der Waals surface area contributed by atoms with Gasteiger partial charge in [0.05, 0.1) is 5.56 Å². The summed E-state index contributed by atoms with van der Waals surface area (Å²) in [6.07, 6.45) is 4.56. The second-order valence-electron chi connectivity index (χ2n) is 8.88. The third kappa shape index (κ3) is 7.12. The molecule has 1 aromatic heterocycles. The van der Waals surface area contributed by atoms with Crippen molar-refractivity contribution in [2.45, 2.75) is 44.4 Å². The maximum absolute atomic E-state index is 12.6. The van der Waals surface area contributed by atoms with Gasteiger partial charge in [0.1, 0.15) is 6.61 Å². The zero-order valence-corrected chi connectivity index (χ0v) is 20.7. The van der Waals surface area contributed by atoms with E-state index in [-0.39, 0.29) is 42.1 Å². The molecule has 1 unspecified atom stereocenters. The van der Waals surface area contributed by atoms with E-state index in [1.165, 1.54) is 6.08 Å². The summed E-state index contributed by atoms with van der Waals surface area (Å²) in [5, 5.41) is 17.1. The molecule has 1 aliphatic rings. The highest BCUT2D eigenvalue weighted by molar-refractivity contribution is 5.96. The molecule has 5 N–H and O–H groups in total. The Morgan fingerprint density at radius 3 is 2.61 bits per heavy atom. The predicted molar refractivity (Wildman–Crippen MR) is 142 cm³/mol. The number of nitrogens with one attached hydrogen (secondary N) is 3. The molecule has 3 aromatic rings. The number of esters is 1. The van der Waals surface area contributed by atoms with Crippen LogP contribution >= 0.6 is 0 Å². The summed E-state index contributed by atoms with van der Waals surface area (Å²) < 4.78 is 5.40. The molecule has 4 rings (SSSR count). The monoisotopic (exact) mass is 515 g/mol. The van der Waals surface area contributed by atoms with Crippen molar-refractivity contribution in [2.24, 2.45) is 5.73 Å². The number of nitrogens with two attached hydrogens (primary N) is 1. The van der Waals surface area contributed by atoms with E-state index in [1.54, 1.807) is 24.3 Å². The summed E-state index contributed by atoms with van der Waals surface area (Å²) in [4.78, 5) is 40.6. The minimum atomic E-state index is -0.803. The fourth-order valence-electron chi connectivity index (χ4n) is 4.20. The number of nitrogens with zero attached hydrogens (tertiary/aromatic N) is 3. The average Bonchev–Trinajstić information content (AvgIpc) is 2.92. The molecule has 2 amide bonds. The first-order valence-electron chi connectivity index (χ1n) is 12.2. The van der Waals surface area contributed by atoms with Gasteiger partial charge in [0.25, 0.3) is 5.91 Å². The average molecular weight is 516 g/mol. The zero-order valence-electron chi connectivity index (χ0n) is 20.7. The molecule has 11 heteroatoms. The molecule has 11 nitrogen and oxygen atoms in total. The number of carbonyl (C=O) groups is 3. The highest BCUT2D eigenvalue weighted by Gasteiger charge is 2.24. The molecule has 1 fully saturated rings. The first-order valence-corrected chi connectivity index (χ1v) is 12.2. The minimum Gasteiger partial charge on any atom is -0.457 e. The van der Waals surface area contributed by atoms with Gasteiger partial charge in [0.15, 0.2) is 11.5 Å². The molecule has 1 saturated carbocycles. The van der Waals surface area contributed by atoms with Crippen LogP contribution in [0.2, 0.25) is 0 Å². The maximum atomic E-state index is 12.6. The van der Waals surface area contributed by atoms with Crippen LogP contribution in [0.15, 0.2) is 67.3 Å². The Kier molecular flexibility index (Phi) is 8.60. The highest BCUT2D eigenvalue weighted by Crippen LogP contribution is 2.23. The van der Waals surface area contributed by atoms with Gasteiger partial charge >= 0.3 is 5.97 Å². The van der Waals surface area contributed by atoms with Crippen LogP contribution in [-0.4, -0.2) is 45.0 Å². The molecule has 1 aliphatic carbocycles. The number of hydrogen-bond acceptors (Lipinski definition) is 9. The zero-order chi connectivity index (χ0) is 26.9. The maximum Gasteiger partial charge on any atom is 0.338 e. The lowest BCUT2D eigenvalue weighted by Crippen LogP contribution is -2.41. The third-order valence-corrected chi connectivity index (χ3v) is 6.03. The van der Waals surface area contributed by atoms with Crippen molar-refractivity contribution in [1.29, 1.82) is 0 Å². The van der Waals surface area contributed by atoms with Gasteiger partial charge in [-0.3, -0.25) is 9.59 Å². The van der Waals surface area contributed by atoms with Gasteiger partial charge in [-0.15, -0.1) is 10.2 Å². The van der Waals surface area contributed by atoms with Crippen LogP contribution in [0, 0.1) is 0 Å². The van der Waals surface area contributed by atoms with E-state index < -0.39 is 11.9 Å². The van der Waals surface area contributed by atoms with E-state index in [0.717, 1.165) is 24.8 Å². The quantitative estimate of drug-likeness (QED) is 0.235. The number of aromatic nitrogens is 3. The second kappa shape index (κ2) is 12.4. The van der Waals surface area contributed by atoms with Crippen LogP contribution in [0.5, 0.6) is 0 Å². The van der Waals surface area contributed by atoms with Gasteiger partial charge in [-0.2, -0.15) is 4.98 Å². The van der Waals surface area contributed by atoms with Crippen LogP contribution in [-0.2, 0) is 16.1 Å². The van der Waals surface area contributed by atoms with Gasteiger partial charge in [-0.1, -0.05) is 43.0 Å². The number of hydrogen-bond donors (Lipinski definition) is 4. The number of carbonyl (C=O) groups excluding carboxylic acids is 3. The number of primary amides is 1. The van der Waals surface area contributed by atoms with E-state index in [4.69, 9.17) is 10.5 Å². The Balaban J connectivity index is 1.45. The van der Waals surface area contributed by atoms with Gasteiger partial charge in [0, 0.05) is 17.8 Å². The summed E-state index contributed by atoms with van der Waals surface area (Å²) in [6.45, 7) is 3.64. The normalized spacial score (nSPS) is 16.6. The van der Waals surface area contributed by atoms with Crippen LogP contribution in [0.25, 0.3) is 0 Å². The summed E-state index contributed by atoms with van der Waals surface area (Å²) >= 11 is 0. The predicted octanol–water partition coefficient (Wildman–Crippen LogP) is 3.10. The minimum absolute atomic E-state index is 0.00402. The third-order valence-electron chi connectivity index (χ3n) is 6.03. The first kappa shape index (κ1) is 26.3. The van der Waals surface area contributed by atoms with Crippen molar-refractivity contribution in [1.82, 2.24) is 20.5 Å². The van der Waals surface area contributed by atoms with E-state index in [2.05, 4.69) is 37.7 Å². The summed E-state index contributed by atoms with van der Waals surface area (Å²) in [6, 6.07) is 16.0. The Labute approximate surface area is 219 Å². The fraction of sp³-hybridized carbons (Fsp3) is 0.259. The Hall–Kier alpha value is -4.80. The van der Waals surface area contributed by atoms with E-state index in [9.17, 15) is 14.4 Å². The first-order chi connectivity index (χ1) is 18.4. The number of amides is 2. The van der Waals surface area contributed by atoms with Crippen molar-refractivity contribution in [3.63, 3.8) is 0 Å². The van der Waals surface area contributed by atoms with Crippen molar-refractivity contribution < 1.29 is 19.1 Å². The molecule has 2 aromatic carbocycles. The summed E-state index contributed by atoms with van der Waals surface area (Å²) in [5.41, 5.74) is 7.02. The van der Waals surface area contributed by atoms with Gasteiger partial charge in [-0.05, 0) is 55.5 Å². The molecule has 38 heavy (non-hydrogen) atoms. The lowest BCUT2D eigenvalue weighted by Gasteiger charge is -2.30. The number of benzene rings is 2. The van der Waals surface area contributed by atoms with Gasteiger partial charge in [-0.25, -0.2) is 4.79 Å². The lowest BCUT2D eigenvalue weighted by atomic mass is 9.91. The molecular weight excluding hydrogens is 486 g/mol. The molecule has 0 radical (unpaired) electrons. The van der Waals surface area contributed by atoms with Gasteiger partial charge < -0.3 is 26.4 Å². The summed E-state index contributed by atoms with van der Waals surface area (Å²) in [7, 11) is 0. The van der Waals surface area contributed by atoms with E-state index in [0.29, 0.717) is 17.7 Å². The number of anilines is 3. The topological polar surface area (TPSA) is 161 Å². The van der Waals surface area contributed by atoms with Gasteiger partial charge in [0.2, 0.25) is 11.9 Å². The van der Waals surface area contributed by atoms with E-state index >= 15 is 0 Å². The Morgan fingerprint density at radius 1 is 1.05 bits per heavy atom. The fourth-order valence-corrected chi connectivity index (χ4v) is 4.20. The largest absolute Gasteiger partial charge is 0.457 e. The Bertz CT molecular complexity index is 1320. The molecule has 0 aliphatic heterocycles.